The van der Waals surface area contributed by atoms with Crippen molar-refractivity contribution in [3.05, 3.63) is 11.6 Å². The van der Waals surface area contributed by atoms with Gasteiger partial charge in [-0.2, -0.15) is 0 Å². The molecule has 0 aliphatic heterocycles. The lowest BCUT2D eigenvalue weighted by Gasteiger charge is -2.57. The predicted molar refractivity (Wildman–Crippen MR) is 142 cm³/mol. The lowest BCUT2D eigenvalue weighted by atomic mass is 9.46. The first kappa shape index (κ1) is 30.1. The van der Waals surface area contributed by atoms with E-state index in [2.05, 4.69) is 12.2 Å². The number of esters is 1. The fourth-order valence-electron chi connectivity index (χ4n) is 8.16. The van der Waals surface area contributed by atoms with Gasteiger partial charge in [-0.3, -0.25) is 24.0 Å². The quantitative estimate of drug-likeness (QED) is 0.360. The molecule has 0 aromatic heterocycles. The fourth-order valence-corrected chi connectivity index (χ4v) is 8.16. The molecule has 40 heavy (non-hydrogen) atoms. The van der Waals surface area contributed by atoms with Crippen molar-refractivity contribution in [2.75, 3.05) is 6.61 Å². The van der Waals surface area contributed by atoms with Crippen molar-refractivity contribution in [1.29, 1.82) is 0 Å². The average molecular weight is 560 g/mol. The van der Waals surface area contributed by atoms with Crippen LogP contribution in [0, 0.1) is 34.5 Å². The molecule has 220 valence electrons. The van der Waals surface area contributed by atoms with Crippen LogP contribution in [0.15, 0.2) is 11.6 Å². The van der Waals surface area contributed by atoms with Gasteiger partial charge in [0.05, 0.1) is 6.42 Å². The van der Waals surface area contributed by atoms with Gasteiger partial charge < -0.3 is 20.3 Å². The molecule has 4 rings (SSSR count). The highest BCUT2D eigenvalue weighted by atomic mass is 16.5. The van der Waals surface area contributed by atoms with Crippen LogP contribution in [0.5, 0.6) is 0 Å². The number of rotatable bonds is 9. The third-order valence-corrected chi connectivity index (χ3v) is 10.4. The molecule has 0 heterocycles. The second kappa shape index (κ2) is 10.8. The van der Waals surface area contributed by atoms with Crippen LogP contribution < -0.4 is 5.32 Å². The number of Topliss-reactive ketones (excluding diaryl/α,β-unsaturated/α-hetero) is 2. The van der Waals surface area contributed by atoms with E-state index in [1.54, 1.807) is 26.8 Å². The van der Waals surface area contributed by atoms with E-state index in [1.807, 2.05) is 0 Å². The summed E-state index contributed by atoms with van der Waals surface area (Å²) in [7, 11) is 0. The number of aliphatic carboxylic acids is 1. The number of ether oxygens (including phenoxy) is 1. The van der Waals surface area contributed by atoms with E-state index in [0.717, 1.165) is 18.4 Å². The molecule has 0 bridgehead atoms. The van der Waals surface area contributed by atoms with Crippen LogP contribution in [-0.4, -0.2) is 63.7 Å². The van der Waals surface area contributed by atoms with Crippen LogP contribution in [0.4, 0.5) is 0 Å². The minimum atomic E-state index is -1.82. The molecule has 0 aromatic carbocycles. The standard InChI is InChI=1S/C30H41NO9/c1-16(2)26(27(37)38)31-23(35)7-8-24(36)40-15-22(34)30(39)12-10-20-19-6-5-17-13-18(32)9-11-28(17,3)25(19)21(33)14-29(20,30)4/h13,16,19-20,25-26,39H,5-12,14-15H2,1-4H3,(H,31,35)(H,37,38)/t19-,20-,25+,26?,28-,29-,30-/m0/s1. The van der Waals surface area contributed by atoms with E-state index < -0.39 is 47.3 Å². The van der Waals surface area contributed by atoms with Crippen molar-refractivity contribution in [2.24, 2.45) is 34.5 Å². The van der Waals surface area contributed by atoms with Crippen LogP contribution in [-0.2, 0) is 33.5 Å². The van der Waals surface area contributed by atoms with E-state index in [-0.39, 0.29) is 66.3 Å². The number of amides is 1. The molecule has 10 heteroatoms. The van der Waals surface area contributed by atoms with E-state index in [4.69, 9.17) is 4.74 Å². The Morgan fingerprint density at radius 2 is 1.77 bits per heavy atom. The average Bonchev–Trinajstić information content (AvgIpc) is 3.15. The van der Waals surface area contributed by atoms with Crippen LogP contribution in [0.1, 0.15) is 85.5 Å². The number of hydrogen-bond acceptors (Lipinski definition) is 8. The zero-order chi connectivity index (χ0) is 29.6. The summed E-state index contributed by atoms with van der Waals surface area (Å²) in [5, 5.41) is 23.3. The molecular weight excluding hydrogens is 518 g/mol. The number of ketones is 3. The van der Waals surface area contributed by atoms with Gasteiger partial charge in [-0.05, 0) is 61.3 Å². The highest BCUT2D eigenvalue weighted by Gasteiger charge is 2.68. The van der Waals surface area contributed by atoms with Crippen molar-refractivity contribution in [3.63, 3.8) is 0 Å². The third-order valence-electron chi connectivity index (χ3n) is 10.4. The number of carbonyl (C=O) groups is 6. The number of carboxylic acid groups (broad SMARTS) is 1. The summed E-state index contributed by atoms with van der Waals surface area (Å²) in [5.74, 6) is -3.76. The summed E-state index contributed by atoms with van der Waals surface area (Å²) in [5.41, 5.74) is -2.13. The van der Waals surface area contributed by atoms with Gasteiger partial charge in [0.15, 0.2) is 12.4 Å². The van der Waals surface area contributed by atoms with Crippen LogP contribution in [0.2, 0.25) is 0 Å². The molecule has 3 N–H and O–H groups in total. The summed E-state index contributed by atoms with van der Waals surface area (Å²) in [4.78, 5) is 74.7. The summed E-state index contributed by atoms with van der Waals surface area (Å²) in [6.45, 7) is 6.52. The van der Waals surface area contributed by atoms with Crippen LogP contribution >= 0.6 is 0 Å². The van der Waals surface area contributed by atoms with Crippen LogP contribution in [0.25, 0.3) is 0 Å². The second-order valence-electron chi connectivity index (χ2n) is 13.0. The number of carboxylic acids is 1. The highest BCUT2D eigenvalue weighted by Crippen LogP contribution is 2.66. The molecule has 3 fully saturated rings. The molecule has 1 unspecified atom stereocenters. The fraction of sp³-hybridized carbons (Fsp3) is 0.733. The van der Waals surface area contributed by atoms with Gasteiger partial charge in [0, 0.05) is 30.6 Å². The Hall–Kier alpha value is -2.88. The Bertz CT molecular complexity index is 1160. The number of allylic oxidation sites excluding steroid dienone is 1. The van der Waals surface area contributed by atoms with Gasteiger partial charge in [0.2, 0.25) is 11.7 Å². The minimum Gasteiger partial charge on any atom is -0.480 e. The summed E-state index contributed by atoms with van der Waals surface area (Å²) >= 11 is 0. The van der Waals surface area contributed by atoms with E-state index in [1.165, 1.54) is 0 Å². The molecule has 3 saturated carbocycles. The van der Waals surface area contributed by atoms with Crippen molar-refractivity contribution in [2.45, 2.75) is 97.1 Å². The van der Waals surface area contributed by atoms with E-state index >= 15 is 0 Å². The zero-order valence-electron chi connectivity index (χ0n) is 23.8. The lowest BCUT2D eigenvalue weighted by molar-refractivity contribution is -0.173. The number of hydrogen-bond donors (Lipinski definition) is 3. The maximum Gasteiger partial charge on any atom is 0.326 e. The second-order valence-corrected chi connectivity index (χ2v) is 13.0. The Morgan fingerprint density at radius 1 is 1.07 bits per heavy atom. The molecule has 7 atom stereocenters. The summed E-state index contributed by atoms with van der Waals surface area (Å²) < 4.78 is 5.12. The topological polar surface area (TPSA) is 164 Å². The largest absolute Gasteiger partial charge is 0.480 e. The monoisotopic (exact) mass is 559 g/mol. The molecule has 0 spiro atoms. The first-order valence-corrected chi connectivity index (χ1v) is 14.3. The number of fused-ring (bicyclic) bond motifs is 5. The first-order valence-electron chi connectivity index (χ1n) is 14.3. The molecule has 4 aliphatic carbocycles. The van der Waals surface area contributed by atoms with E-state index in [0.29, 0.717) is 19.3 Å². The predicted octanol–water partition coefficient (Wildman–Crippen LogP) is 2.55. The maximum absolute atomic E-state index is 13.7. The Kier molecular flexibility index (Phi) is 8.15. The first-order chi connectivity index (χ1) is 18.6. The lowest BCUT2D eigenvalue weighted by Crippen LogP contribution is -2.61. The maximum atomic E-state index is 13.7. The van der Waals surface area contributed by atoms with Gasteiger partial charge in [0.1, 0.15) is 17.4 Å². The SMILES string of the molecule is CC(C)C(NC(=O)CCC(=O)OCC(=O)[C@@]1(O)CC[C@H]2[C@@H]3CCC4=CC(=O)CC[C@]4(C)[C@H]3C(=O)C[C@@]21C)C(=O)O. The third kappa shape index (κ3) is 5.03. The molecule has 0 saturated heterocycles. The van der Waals surface area contributed by atoms with Crippen LogP contribution in [0.3, 0.4) is 0 Å². The van der Waals surface area contributed by atoms with Crippen molar-refractivity contribution >= 4 is 35.2 Å². The van der Waals surface area contributed by atoms with Gasteiger partial charge in [-0.1, -0.05) is 33.3 Å². The Labute approximate surface area is 234 Å². The normalized spacial score (nSPS) is 35.6. The Balaban J connectivity index is 1.38. The smallest absolute Gasteiger partial charge is 0.326 e. The molecule has 10 nitrogen and oxygen atoms in total. The van der Waals surface area contributed by atoms with Crippen molar-refractivity contribution in [3.8, 4) is 0 Å². The Morgan fingerprint density at radius 3 is 2.42 bits per heavy atom. The highest BCUT2D eigenvalue weighted by molar-refractivity contribution is 5.95. The minimum absolute atomic E-state index is 0.00459. The zero-order valence-corrected chi connectivity index (χ0v) is 23.8. The van der Waals surface area contributed by atoms with Gasteiger partial charge in [-0.15, -0.1) is 0 Å². The van der Waals surface area contributed by atoms with Crippen molar-refractivity contribution < 1.29 is 43.7 Å². The van der Waals surface area contributed by atoms with Gasteiger partial charge in [-0.25, -0.2) is 4.79 Å². The molecule has 0 aromatic rings. The van der Waals surface area contributed by atoms with E-state index in [9.17, 15) is 39.0 Å². The molecule has 4 aliphatic rings. The van der Waals surface area contributed by atoms with Gasteiger partial charge in [0.25, 0.3) is 0 Å². The molecule has 1 amide bonds. The van der Waals surface area contributed by atoms with Crippen molar-refractivity contribution in [1.82, 2.24) is 5.32 Å². The number of aliphatic hydroxyl groups is 1. The number of nitrogens with one attached hydrogen (secondary N) is 1. The summed E-state index contributed by atoms with van der Waals surface area (Å²) in [6.07, 6.45) is 4.40. The molecule has 0 radical (unpaired) electrons. The van der Waals surface area contributed by atoms with Gasteiger partial charge >= 0.3 is 11.9 Å². The number of carbonyl (C=O) groups excluding carboxylic acids is 5. The summed E-state index contributed by atoms with van der Waals surface area (Å²) in [6, 6.07) is -1.08. The molecular formula is C30H41NO9.